The summed E-state index contributed by atoms with van der Waals surface area (Å²) in [6.07, 6.45) is 6.40. The smallest absolute Gasteiger partial charge is 0.222 e. The number of halogens is 1. The lowest BCUT2D eigenvalue weighted by molar-refractivity contribution is 1.13. The van der Waals surface area contributed by atoms with Gasteiger partial charge in [-0.1, -0.05) is 0 Å². The molecule has 0 aliphatic rings. The van der Waals surface area contributed by atoms with Crippen molar-refractivity contribution in [2.45, 2.75) is 0 Å². The predicted octanol–water partition coefficient (Wildman–Crippen LogP) is 1.59. The van der Waals surface area contributed by atoms with Crippen LogP contribution in [0.2, 0.25) is 5.28 Å². The fourth-order valence-corrected chi connectivity index (χ4v) is 1.07. The van der Waals surface area contributed by atoms with Crippen molar-refractivity contribution in [2.24, 2.45) is 0 Å². The first-order valence-electron chi connectivity index (χ1n) is 3.60. The minimum Gasteiger partial charge on any atom is -0.244 e. The van der Waals surface area contributed by atoms with Gasteiger partial charge in [-0.25, -0.2) is 19.9 Å². The summed E-state index contributed by atoms with van der Waals surface area (Å²) in [5.74, 6) is 0. The highest BCUT2D eigenvalue weighted by atomic mass is 35.5. The Hall–Kier alpha value is -1.55. The molecule has 64 valence electrons. The van der Waals surface area contributed by atoms with Gasteiger partial charge in [-0.2, -0.15) is 0 Å². The fraction of sp³-hybridized carbons (Fsp3) is 0. The molecule has 0 saturated heterocycles. The molecule has 0 N–H and O–H groups in total. The van der Waals surface area contributed by atoms with Crippen molar-refractivity contribution in [2.75, 3.05) is 0 Å². The average molecular weight is 193 g/mol. The molecule has 0 unspecified atom stereocenters. The number of aromatic nitrogens is 4. The molecule has 2 aromatic heterocycles. The number of nitrogens with zero attached hydrogens (tertiary/aromatic N) is 4. The molecule has 5 heteroatoms. The van der Waals surface area contributed by atoms with Gasteiger partial charge in [0.1, 0.15) is 6.33 Å². The first-order valence-corrected chi connectivity index (χ1v) is 3.98. The molecule has 0 fully saturated rings. The third-order valence-corrected chi connectivity index (χ3v) is 1.66. The predicted molar refractivity (Wildman–Crippen MR) is 48.1 cm³/mol. The Balaban J connectivity index is 2.48. The number of hydrogen-bond acceptors (Lipinski definition) is 4. The fourth-order valence-electron chi connectivity index (χ4n) is 0.927. The van der Waals surface area contributed by atoms with E-state index in [4.69, 9.17) is 11.6 Å². The molecule has 2 aromatic rings. The van der Waals surface area contributed by atoms with Gasteiger partial charge >= 0.3 is 0 Å². The Kier molecular flexibility index (Phi) is 2.14. The molecule has 0 atom stereocenters. The van der Waals surface area contributed by atoms with E-state index in [0.29, 0.717) is 0 Å². The standard InChI is InChI=1S/C8H5ClN4/c9-8-12-2-1-7(13-8)6-3-10-5-11-4-6/h1-5H. The van der Waals surface area contributed by atoms with Crippen molar-refractivity contribution in [3.8, 4) is 11.3 Å². The topological polar surface area (TPSA) is 51.6 Å². The van der Waals surface area contributed by atoms with Crippen LogP contribution in [0.5, 0.6) is 0 Å². The summed E-state index contributed by atoms with van der Waals surface area (Å²) in [5, 5.41) is 0.223. The quantitative estimate of drug-likeness (QED) is 0.644. The normalized spacial score (nSPS) is 9.92. The lowest BCUT2D eigenvalue weighted by Gasteiger charge is -1.97. The van der Waals surface area contributed by atoms with Gasteiger partial charge in [-0.3, -0.25) is 0 Å². The first kappa shape index (κ1) is 8.07. The largest absolute Gasteiger partial charge is 0.244 e. The second kappa shape index (κ2) is 3.45. The Morgan fingerprint density at radius 3 is 2.62 bits per heavy atom. The van der Waals surface area contributed by atoms with Gasteiger partial charge in [0.2, 0.25) is 5.28 Å². The van der Waals surface area contributed by atoms with Gasteiger partial charge in [-0.15, -0.1) is 0 Å². The SMILES string of the molecule is Clc1nccc(-c2cncnc2)n1. The van der Waals surface area contributed by atoms with E-state index in [-0.39, 0.29) is 5.28 Å². The van der Waals surface area contributed by atoms with E-state index in [1.165, 1.54) is 6.33 Å². The van der Waals surface area contributed by atoms with Crippen LogP contribution < -0.4 is 0 Å². The molecule has 0 aromatic carbocycles. The highest BCUT2D eigenvalue weighted by Gasteiger charge is 1.99. The molecular weight excluding hydrogens is 188 g/mol. The monoisotopic (exact) mass is 192 g/mol. The highest BCUT2D eigenvalue weighted by molar-refractivity contribution is 6.28. The molecule has 2 heterocycles. The summed E-state index contributed by atoms with van der Waals surface area (Å²) < 4.78 is 0. The Morgan fingerprint density at radius 2 is 1.92 bits per heavy atom. The van der Waals surface area contributed by atoms with Crippen molar-refractivity contribution < 1.29 is 0 Å². The van der Waals surface area contributed by atoms with Crippen LogP contribution in [-0.4, -0.2) is 19.9 Å². The molecule has 0 saturated carbocycles. The van der Waals surface area contributed by atoms with Crippen LogP contribution in [0.3, 0.4) is 0 Å². The molecule has 13 heavy (non-hydrogen) atoms. The number of hydrogen-bond donors (Lipinski definition) is 0. The minimum atomic E-state index is 0.223. The van der Waals surface area contributed by atoms with Crippen LogP contribution in [0.4, 0.5) is 0 Å². The van der Waals surface area contributed by atoms with Crippen LogP contribution >= 0.6 is 11.6 Å². The Bertz CT molecular complexity index is 404. The van der Waals surface area contributed by atoms with Gasteiger partial charge in [0, 0.05) is 24.2 Å². The van der Waals surface area contributed by atoms with E-state index in [1.54, 1.807) is 24.7 Å². The highest BCUT2D eigenvalue weighted by Crippen LogP contribution is 2.14. The molecule has 0 bridgehead atoms. The van der Waals surface area contributed by atoms with Crippen molar-refractivity contribution in [1.29, 1.82) is 0 Å². The zero-order chi connectivity index (χ0) is 9.10. The third kappa shape index (κ3) is 1.78. The van der Waals surface area contributed by atoms with Gasteiger partial charge in [-0.05, 0) is 17.7 Å². The molecule has 0 radical (unpaired) electrons. The maximum absolute atomic E-state index is 5.63. The second-order valence-electron chi connectivity index (χ2n) is 2.34. The van der Waals surface area contributed by atoms with Crippen LogP contribution in [0.25, 0.3) is 11.3 Å². The zero-order valence-corrected chi connectivity index (χ0v) is 7.31. The average Bonchev–Trinajstić information content (AvgIpc) is 2.19. The van der Waals surface area contributed by atoms with Crippen LogP contribution in [0.15, 0.2) is 31.0 Å². The van der Waals surface area contributed by atoms with Crippen molar-refractivity contribution >= 4 is 11.6 Å². The summed E-state index contributed by atoms with van der Waals surface area (Å²) in [6.45, 7) is 0. The van der Waals surface area contributed by atoms with Crippen LogP contribution in [0, 0.1) is 0 Å². The van der Waals surface area contributed by atoms with Gasteiger partial charge in [0.05, 0.1) is 5.69 Å². The van der Waals surface area contributed by atoms with Gasteiger partial charge in [0.25, 0.3) is 0 Å². The molecule has 4 nitrogen and oxygen atoms in total. The summed E-state index contributed by atoms with van der Waals surface area (Å²) in [6, 6.07) is 1.75. The van der Waals surface area contributed by atoms with Crippen LogP contribution in [-0.2, 0) is 0 Å². The minimum absolute atomic E-state index is 0.223. The molecule has 0 aliphatic carbocycles. The molecule has 0 amide bonds. The first-order chi connectivity index (χ1) is 6.36. The molecule has 2 rings (SSSR count). The van der Waals surface area contributed by atoms with Crippen LogP contribution in [0.1, 0.15) is 0 Å². The number of rotatable bonds is 1. The lowest BCUT2D eigenvalue weighted by atomic mass is 10.2. The van der Waals surface area contributed by atoms with E-state index < -0.39 is 0 Å². The summed E-state index contributed by atoms with van der Waals surface area (Å²) in [5.41, 5.74) is 1.55. The van der Waals surface area contributed by atoms with E-state index in [2.05, 4.69) is 19.9 Å². The molecule has 0 aliphatic heterocycles. The Labute approximate surface area is 79.7 Å². The van der Waals surface area contributed by atoms with Gasteiger partial charge in [0.15, 0.2) is 0 Å². The summed E-state index contributed by atoms with van der Waals surface area (Å²) in [7, 11) is 0. The lowest BCUT2D eigenvalue weighted by Crippen LogP contribution is -1.87. The van der Waals surface area contributed by atoms with Crippen molar-refractivity contribution in [3.63, 3.8) is 0 Å². The summed E-state index contributed by atoms with van der Waals surface area (Å²) in [4.78, 5) is 15.5. The maximum atomic E-state index is 5.63. The van der Waals surface area contributed by atoms with Crippen molar-refractivity contribution in [3.05, 3.63) is 36.3 Å². The zero-order valence-electron chi connectivity index (χ0n) is 6.55. The molecule has 0 spiro atoms. The van der Waals surface area contributed by atoms with E-state index >= 15 is 0 Å². The second-order valence-corrected chi connectivity index (χ2v) is 2.68. The molecular formula is C8H5ClN4. The van der Waals surface area contributed by atoms with Crippen molar-refractivity contribution in [1.82, 2.24) is 19.9 Å². The van der Waals surface area contributed by atoms with E-state index in [9.17, 15) is 0 Å². The van der Waals surface area contributed by atoms with E-state index in [1.807, 2.05) is 0 Å². The van der Waals surface area contributed by atoms with Gasteiger partial charge < -0.3 is 0 Å². The maximum Gasteiger partial charge on any atom is 0.222 e. The Morgan fingerprint density at radius 1 is 1.15 bits per heavy atom. The summed E-state index contributed by atoms with van der Waals surface area (Å²) >= 11 is 5.63. The van der Waals surface area contributed by atoms with E-state index in [0.717, 1.165) is 11.3 Å². The third-order valence-electron chi connectivity index (χ3n) is 1.48.